The van der Waals surface area contributed by atoms with Crippen LogP contribution in [0.5, 0.6) is 0 Å². The van der Waals surface area contributed by atoms with Crippen LogP contribution in [-0.2, 0) is 14.3 Å². The fourth-order valence-electron chi connectivity index (χ4n) is 2.84. The molecule has 0 bridgehead atoms. The van der Waals surface area contributed by atoms with Gasteiger partial charge in [0.05, 0.1) is 0 Å². The zero-order chi connectivity index (χ0) is 17.8. The summed E-state index contributed by atoms with van der Waals surface area (Å²) in [7, 11) is 0. The number of rotatable bonds is 5. The molecule has 25 heavy (non-hydrogen) atoms. The third-order valence-electron chi connectivity index (χ3n) is 4.08. The predicted molar refractivity (Wildman–Crippen MR) is 89.1 cm³/mol. The van der Waals surface area contributed by atoms with Crippen molar-refractivity contribution < 1.29 is 18.7 Å². The fourth-order valence-corrected chi connectivity index (χ4v) is 3.63. The van der Waals surface area contributed by atoms with Crippen molar-refractivity contribution in [2.45, 2.75) is 25.4 Å². The van der Waals surface area contributed by atoms with Crippen molar-refractivity contribution >= 4 is 28.8 Å². The number of amides is 1. The van der Waals surface area contributed by atoms with Crippen LogP contribution in [-0.4, -0.2) is 23.5 Å². The van der Waals surface area contributed by atoms with Crippen LogP contribution < -0.4 is 5.32 Å². The van der Waals surface area contributed by atoms with Gasteiger partial charge in [-0.15, -0.1) is 0 Å². The lowest BCUT2D eigenvalue weighted by molar-refractivity contribution is -0.134. The first kappa shape index (κ1) is 17.0. The fraction of sp³-hybridized carbons (Fsp3) is 0.294. The molecule has 2 atom stereocenters. The molecule has 1 aromatic heterocycles. The molecule has 2 aromatic rings. The molecule has 128 valence electrons. The molecule has 1 N–H and O–H groups in total. The number of hydrogen-bond donors (Lipinski definition) is 1. The van der Waals surface area contributed by atoms with Crippen LogP contribution in [0.2, 0.25) is 0 Å². The normalized spacial score (nSPS) is 19.2. The predicted octanol–water partition coefficient (Wildman–Crippen LogP) is 3.10. The van der Waals surface area contributed by atoms with E-state index in [0.717, 1.165) is 11.3 Å². The van der Waals surface area contributed by atoms with E-state index in [1.54, 1.807) is 0 Å². The van der Waals surface area contributed by atoms with Gasteiger partial charge in [-0.3, -0.25) is 9.59 Å². The molecule has 6 nitrogen and oxygen atoms in total. The lowest BCUT2D eigenvalue weighted by Gasteiger charge is -2.09. The van der Waals surface area contributed by atoms with Crippen LogP contribution >= 0.6 is 11.3 Å². The standard InChI is InChI=1S/C17H14FN3O3S/c18-12-4-1-10(2-5-12)15-14(8-19)25-17(20-15)21-16(23)11-3-6-13(7-11)24-9-22/h1-2,4-5,9,11,13H,3,6-7H2,(H,20,21,23). The second-order valence-corrected chi connectivity index (χ2v) is 6.67. The Morgan fingerprint density at radius 3 is 2.84 bits per heavy atom. The third kappa shape index (κ3) is 3.83. The van der Waals surface area contributed by atoms with Crippen LogP contribution in [0.25, 0.3) is 11.3 Å². The quantitative estimate of drug-likeness (QED) is 0.828. The van der Waals surface area contributed by atoms with Gasteiger partial charge in [0.2, 0.25) is 5.91 Å². The Morgan fingerprint density at radius 1 is 1.40 bits per heavy atom. The number of nitrogens with one attached hydrogen (secondary N) is 1. The minimum Gasteiger partial charge on any atom is -0.465 e. The van der Waals surface area contributed by atoms with Gasteiger partial charge in [0.15, 0.2) is 5.13 Å². The first-order valence-electron chi connectivity index (χ1n) is 7.67. The van der Waals surface area contributed by atoms with E-state index in [9.17, 15) is 19.2 Å². The monoisotopic (exact) mass is 359 g/mol. The number of nitriles is 1. The van der Waals surface area contributed by atoms with Gasteiger partial charge in [-0.25, -0.2) is 9.37 Å². The molecular formula is C17H14FN3O3S. The molecule has 1 saturated carbocycles. The SMILES string of the molecule is N#Cc1sc(NC(=O)C2CCC(OC=O)C2)nc1-c1ccc(F)cc1. The number of anilines is 1. The topological polar surface area (TPSA) is 92.1 Å². The molecule has 0 spiro atoms. The zero-order valence-electron chi connectivity index (χ0n) is 13.1. The van der Waals surface area contributed by atoms with Gasteiger partial charge in [-0.05, 0) is 43.5 Å². The van der Waals surface area contributed by atoms with E-state index < -0.39 is 0 Å². The van der Waals surface area contributed by atoms with Gasteiger partial charge in [0.1, 0.15) is 28.6 Å². The number of carbonyl (C=O) groups excluding carboxylic acids is 2. The highest BCUT2D eigenvalue weighted by atomic mass is 32.1. The summed E-state index contributed by atoms with van der Waals surface area (Å²) in [5.41, 5.74) is 1.02. The molecule has 1 heterocycles. The first-order valence-corrected chi connectivity index (χ1v) is 8.49. The Labute approximate surface area is 147 Å². The molecule has 2 unspecified atom stereocenters. The number of hydrogen-bond acceptors (Lipinski definition) is 6. The van der Waals surface area contributed by atoms with Crippen molar-refractivity contribution in [3.05, 3.63) is 35.0 Å². The highest BCUT2D eigenvalue weighted by Gasteiger charge is 2.31. The summed E-state index contributed by atoms with van der Waals surface area (Å²) in [6, 6.07) is 7.70. The summed E-state index contributed by atoms with van der Waals surface area (Å²) in [5.74, 6) is -0.839. The van der Waals surface area contributed by atoms with E-state index in [4.69, 9.17) is 4.74 Å². The number of benzene rings is 1. The smallest absolute Gasteiger partial charge is 0.293 e. The van der Waals surface area contributed by atoms with Crippen molar-refractivity contribution in [2.24, 2.45) is 5.92 Å². The van der Waals surface area contributed by atoms with Crippen molar-refractivity contribution in [3.63, 3.8) is 0 Å². The van der Waals surface area contributed by atoms with Gasteiger partial charge >= 0.3 is 0 Å². The highest BCUT2D eigenvalue weighted by Crippen LogP contribution is 2.33. The maximum atomic E-state index is 13.0. The Balaban J connectivity index is 1.73. The second kappa shape index (κ2) is 7.40. The largest absolute Gasteiger partial charge is 0.465 e. The molecule has 0 radical (unpaired) electrons. The minimum atomic E-state index is -0.376. The lowest BCUT2D eigenvalue weighted by atomic mass is 10.1. The van der Waals surface area contributed by atoms with Crippen molar-refractivity contribution in [1.29, 1.82) is 5.26 Å². The Hall–Kier alpha value is -2.79. The van der Waals surface area contributed by atoms with Gasteiger partial charge in [-0.2, -0.15) is 5.26 Å². The van der Waals surface area contributed by atoms with E-state index in [0.29, 0.717) is 47.0 Å². The summed E-state index contributed by atoms with van der Waals surface area (Å²) < 4.78 is 17.9. The molecule has 8 heteroatoms. The van der Waals surface area contributed by atoms with Gasteiger partial charge < -0.3 is 10.1 Å². The van der Waals surface area contributed by atoms with Gasteiger partial charge in [0.25, 0.3) is 6.47 Å². The number of ether oxygens (including phenoxy) is 1. The lowest BCUT2D eigenvalue weighted by Crippen LogP contribution is -2.21. The molecule has 1 aromatic carbocycles. The first-order chi connectivity index (χ1) is 12.1. The maximum Gasteiger partial charge on any atom is 0.293 e. The third-order valence-corrected chi connectivity index (χ3v) is 4.96. The number of nitrogens with zero attached hydrogens (tertiary/aromatic N) is 2. The zero-order valence-corrected chi connectivity index (χ0v) is 13.9. The summed E-state index contributed by atoms with van der Waals surface area (Å²) in [5, 5.41) is 12.3. The van der Waals surface area contributed by atoms with E-state index >= 15 is 0 Å². The Kier molecular flexibility index (Phi) is 5.05. The van der Waals surface area contributed by atoms with E-state index in [1.807, 2.05) is 6.07 Å². The van der Waals surface area contributed by atoms with Crippen LogP contribution in [0.3, 0.4) is 0 Å². The van der Waals surface area contributed by atoms with Crippen molar-refractivity contribution in [2.75, 3.05) is 5.32 Å². The van der Waals surface area contributed by atoms with Crippen LogP contribution in [0.15, 0.2) is 24.3 Å². The summed E-state index contributed by atoms with van der Waals surface area (Å²) in [6.07, 6.45) is 1.53. The minimum absolute atomic E-state index is 0.208. The molecule has 1 aliphatic rings. The van der Waals surface area contributed by atoms with E-state index in [-0.39, 0.29) is 23.7 Å². The number of halogens is 1. The average Bonchev–Trinajstić information content (AvgIpc) is 3.23. The van der Waals surface area contributed by atoms with Crippen LogP contribution in [0.1, 0.15) is 24.1 Å². The number of carbonyl (C=O) groups is 2. The molecule has 1 fully saturated rings. The van der Waals surface area contributed by atoms with Gasteiger partial charge in [0, 0.05) is 11.5 Å². The molecule has 1 aliphatic carbocycles. The van der Waals surface area contributed by atoms with Crippen LogP contribution in [0.4, 0.5) is 9.52 Å². The van der Waals surface area contributed by atoms with Crippen molar-refractivity contribution in [1.82, 2.24) is 4.98 Å². The van der Waals surface area contributed by atoms with E-state index in [1.165, 1.54) is 24.3 Å². The van der Waals surface area contributed by atoms with Crippen LogP contribution in [0, 0.1) is 23.1 Å². The van der Waals surface area contributed by atoms with Crippen molar-refractivity contribution in [3.8, 4) is 17.3 Å². The van der Waals surface area contributed by atoms with E-state index in [2.05, 4.69) is 10.3 Å². The molecule has 0 saturated heterocycles. The summed E-state index contributed by atoms with van der Waals surface area (Å²) in [6.45, 7) is 0.403. The highest BCUT2D eigenvalue weighted by molar-refractivity contribution is 7.16. The number of thiazole rings is 1. The Morgan fingerprint density at radius 2 is 2.16 bits per heavy atom. The Bertz CT molecular complexity index is 829. The summed E-state index contributed by atoms with van der Waals surface area (Å²) >= 11 is 1.07. The number of aromatic nitrogens is 1. The molecule has 0 aliphatic heterocycles. The molecule has 1 amide bonds. The maximum absolute atomic E-state index is 13.0. The summed E-state index contributed by atoms with van der Waals surface area (Å²) in [4.78, 5) is 27.4. The second-order valence-electron chi connectivity index (χ2n) is 5.67. The molecule has 3 rings (SSSR count). The average molecular weight is 359 g/mol. The molecular weight excluding hydrogens is 345 g/mol. The van der Waals surface area contributed by atoms with Gasteiger partial charge in [-0.1, -0.05) is 11.3 Å².